The van der Waals surface area contributed by atoms with E-state index in [0.29, 0.717) is 12.3 Å². The number of nitrogens with one attached hydrogen (secondary N) is 1. The quantitative estimate of drug-likeness (QED) is 0.651. The average molecular weight is 414 g/mol. The molecule has 156 valence electrons. The molecule has 1 amide bonds. The van der Waals surface area contributed by atoms with Crippen LogP contribution < -0.4 is 5.32 Å². The molecule has 0 radical (unpaired) electrons. The molecule has 30 heavy (non-hydrogen) atoms. The van der Waals surface area contributed by atoms with Crippen LogP contribution >= 0.6 is 0 Å². The van der Waals surface area contributed by atoms with Crippen molar-refractivity contribution in [3.63, 3.8) is 0 Å². The van der Waals surface area contributed by atoms with Gasteiger partial charge in [-0.05, 0) is 47.9 Å². The van der Waals surface area contributed by atoms with E-state index >= 15 is 0 Å². The molecule has 0 aliphatic carbocycles. The number of alkyl halides is 3. The third-order valence-corrected chi connectivity index (χ3v) is 5.38. The largest absolute Gasteiger partial charge is 0.468 e. The van der Waals surface area contributed by atoms with Crippen LogP contribution in [0.3, 0.4) is 0 Å². The molecule has 1 aliphatic rings. The lowest BCUT2D eigenvalue weighted by atomic mass is 9.98. The number of benzene rings is 2. The number of carbonyl (C=O) groups is 1. The zero-order valence-electron chi connectivity index (χ0n) is 16.2. The summed E-state index contributed by atoms with van der Waals surface area (Å²) in [6.07, 6.45) is -2.03. The van der Waals surface area contributed by atoms with Crippen molar-refractivity contribution in [2.75, 3.05) is 13.1 Å². The maximum absolute atomic E-state index is 12.9. The Hall–Kier alpha value is -3.06. The number of halogens is 3. The molecule has 3 aromatic rings. The highest BCUT2D eigenvalue weighted by atomic mass is 19.4. The first-order chi connectivity index (χ1) is 14.4. The molecule has 4 nitrogen and oxygen atoms in total. The van der Waals surface area contributed by atoms with Gasteiger partial charge in [0.2, 0.25) is 0 Å². The zero-order valence-corrected chi connectivity index (χ0v) is 16.2. The number of carbonyl (C=O) groups excluding carboxylic acids is 1. The predicted octanol–water partition coefficient (Wildman–Crippen LogP) is 4.83. The highest BCUT2D eigenvalue weighted by Gasteiger charge is 2.31. The van der Waals surface area contributed by atoms with Gasteiger partial charge in [0.15, 0.2) is 0 Å². The minimum absolute atomic E-state index is 0.0213. The zero-order chi connectivity index (χ0) is 21.1. The predicted molar refractivity (Wildman–Crippen MR) is 106 cm³/mol. The second-order valence-electron chi connectivity index (χ2n) is 7.31. The van der Waals surface area contributed by atoms with E-state index in [9.17, 15) is 18.0 Å². The van der Waals surface area contributed by atoms with Crippen LogP contribution in [0.1, 0.15) is 38.9 Å². The summed E-state index contributed by atoms with van der Waals surface area (Å²) in [5, 5.41) is 2.78. The van der Waals surface area contributed by atoms with E-state index < -0.39 is 17.6 Å². The number of furan rings is 1. The molecule has 0 spiro atoms. The first-order valence-electron chi connectivity index (χ1n) is 9.71. The minimum atomic E-state index is -4.49. The lowest BCUT2D eigenvalue weighted by Crippen LogP contribution is -2.40. The molecular weight excluding hydrogens is 393 g/mol. The number of hydrogen-bond donors (Lipinski definition) is 1. The van der Waals surface area contributed by atoms with E-state index in [1.807, 2.05) is 18.2 Å². The molecule has 2 heterocycles. The van der Waals surface area contributed by atoms with Crippen LogP contribution in [0.5, 0.6) is 0 Å². The van der Waals surface area contributed by atoms with Gasteiger partial charge in [-0.15, -0.1) is 0 Å². The van der Waals surface area contributed by atoms with Crippen LogP contribution in [-0.4, -0.2) is 23.9 Å². The number of fused-ring (bicyclic) bond motifs is 1. The Kier molecular flexibility index (Phi) is 5.63. The van der Waals surface area contributed by atoms with Gasteiger partial charge in [0.25, 0.3) is 5.91 Å². The molecule has 4 rings (SSSR count). The molecule has 0 saturated heterocycles. The van der Waals surface area contributed by atoms with Gasteiger partial charge in [0.1, 0.15) is 5.76 Å². The Labute approximate surface area is 172 Å². The van der Waals surface area contributed by atoms with E-state index in [2.05, 4.69) is 22.3 Å². The van der Waals surface area contributed by atoms with Gasteiger partial charge in [-0.25, -0.2) is 0 Å². The number of amides is 1. The van der Waals surface area contributed by atoms with Gasteiger partial charge in [0.05, 0.1) is 17.9 Å². The third kappa shape index (κ3) is 4.41. The van der Waals surface area contributed by atoms with E-state index in [1.165, 1.54) is 23.3 Å². The fourth-order valence-electron chi connectivity index (χ4n) is 3.80. The number of hydrogen-bond acceptors (Lipinski definition) is 3. The maximum Gasteiger partial charge on any atom is 0.416 e. The molecule has 1 atom stereocenters. The normalized spacial score (nSPS) is 15.4. The summed E-state index contributed by atoms with van der Waals surface area (Å²) < 4.78 is 44.4. The molecule has 7 heteroatoms. The number of rotatable bonds is 5. The maximum atomic E-state index is 12.9. The molecule has 1 aromatic heterocycles. The van der Waals surface area contributed by atoms with Gasteiger partial charge in [0, 0.05) is 25.2 Å². The molecule has 0 fully saturated rings. The monoisotopic (exact) mass is 414 g/mol. The smallest absolute Gasteiger partial charge is 0.416 e. The van der Waals surface area contributed by atoms with Gasteiger partial charge in [-0.1, -0.05) is 30.3 Å². The van der Waals surface area contributed by atoms with Crippen molar-refractivity contribution in [2.45, 2.75) is 25.2 Å². The highest BCUT2D eigenvalue weighted by molar-refractivity contribution is 5.94. The lowest BCUT2D eigenvalue weighted by molar-refractivity contribution is -0.137. The summed E-state index contributed by atoms with van der Waals surface area (Å²) >= 11 is 0. The molecule has 0 unspecified atom stereocenters. The Morgan fingerprint density at radius 2 is 1.87 bits per heavy atom. The summed E-state index contributed by atoms with van der Waals surface area (Å²) in [6, 6.07) is 16.1. The Balaban J connectivity index is 1.50. The van der Waals surface area contributed by atoms with Crippen LogP contribution in [0, 0.1) is 0 Å². The minimum Gasteiger partial charge on any atom is -0.468 e. The Morgan fingerprint density at radius 3 is 2.60 bits per heavy atom. The summed E-state index contributed by atoms with van der Waals surface area (Å²) in [4.78, 5) is 14.8. The molecular formula is C23H21F3N2O2. The van der Waals surface area contributed by atoms with Gasteiger partial charge in [-0.2, -0.15) is 13.2 Å². The van der Waals surface area contributed by atoms with Crippen LogP contribution in [0.4, 0.5) is 13.2 Å². The van der Waals surface area contributed by atoms with Crippen LogP contribution in [0.25, 0.3) is 0 Å². The van der Waals surface area contributed by atoms with Crippen molar-refractivity contribution in [1.29, 1.82) is 0 Å². The Bertz CT molecular complexity index is 1020. The number of nitrogens with zero attached hydrogens (tertiary/aromatic N) is 1. The van der Waals surface area contributed by atoms with Crippen LogP contribution in [0.15, 0.2) is 71.3 Å². The first kappa shape index (κ1) is 20.2. The summed E-state index contributed by atoms with van der Waals surface area (Å²) in [5.74, 6) is 0.161. The van der Waals surface area contributed by atoms with E-state index in [0.717, 1.165) is 25.1 Å². The van der Waals surface area contributed by atoms with Gasteiger partial charge < -0.3 is 9.73 Å². The van der Waals surface area contributed by atoms with E-state index in [4.69, 9.17) is 4.42 Å². The first-order valence-corrected chi connectivity index (χ1v) is 9.71. The Morgan fingerprint density at radius 1 is 1.07 bits per heavy atom. The van der Waals surface area contributed by atoms with E-state index in [-0.39, 0.29) is 18.2 Å². The van der Waals surface area contributed by atoms with Crippen molar-refractivity contribution in [1.82, 2.24) is 10.2 Å². The summed E-state index contributed by atoms with van der Waals surface area (Å²) in [5.41, 5.74) is 1.67. The average Bonchev–Trinajstić information content (AvgIpc) is 3.28. The molecule has 1 aliphatic heterocycles. The van der Waals surface area contributed by atoms with Gasteiger partial charge in [-0.3, -0.25) is 9.69 Å². The summed E-state index contributed by atoms with van der Waals surface area (Å²) in [6.45, 7) is 1.73. The van der Waals surface area contributed by atoms with Crippen molar-refractivity contribution in [3.05, 3.63) is 94.9 Å². The van der Waals surface area contributed by atoms with E-state index in [1.54, 1.807) is 12.3 Å². The molecule has 2 aromatic carbocycles. The second kappa shape index (κ2) is 8.36. The third-order valence-electron chi connectivity index (χ3n) is 5.38. The van der Waals surface area contributed by atoms with Crippen LogP contribution in [0.2, 0.25) is 0 Å². The van der Waals surface area contributed by atoms with Gasteiger partial charge >= 0.3 is 6.18 Å². The van der Waals surface area contributed by atoms with Crippen molar-refractivity contribution in [2.24, 2.45) is 0 Å². The molecule has 1 N–H and O–H groups in total. The van der Waals surface area contributed by atoms with Crippen molar-refractivity contribution >= 4 is 5.91 Å². The van der Waals surface area contributed by atoms with Crippen molar-refractivity contribution < 1.29 is 22.4 Å². The SMILES string of the molecule is O=C(NC[C@@H](c1ccco1)N1CCc2ccccc2C1)c1cccc(C(F)(F)F)c1. The fourth-order valence-corrected chi connectivity index (χ4v) is 3.80. The summed E-state index contributed by atoms with van der Waals surface area (Å²) in [7, 11) is 0. The standard InChI is InChI=1S/C23H21F3N2O2/c24-23(25,26)19-8-3-7-17(13-19)22(29)27-14-20(21-9-4-12-30-21)28-11-10-16-5-1-2-6-18(16)15-28/h1-9,12-13,20H,10-11,14-15H2,(H,27,29)/t20-/m0/s1. The topological polar surface area (TPSA) is 45.5 Å². The fraction of sp³-hybridized carbons (Fsp3) is 0.261. The lowest BCUT2D eigenvalue weighted by Gasteiger charge is -2.34. The van der Waals surface area contributed by atoms with Crippen LogP contribution in [-0.2, 0) is 19.1 Å². The second-order valence-corrected chi connectivity index (χ2v) is 7.31. The molecule has 0 bridgehead atoms. The highest BCUT2D eigenvalue weighted by Crippen LogP contribution is 2.30. The van der Waals surface area contributed by atoms with Crippen molar-refractivity contribution in [3.8, 4) is 0 Å². The molecule has 0 saturated carbocycles.